The summed E-state index contributed by atoms with van der Waals surface area (Å²) in [6, 6.07) is 0. The SMILES string of the molecule is C=CC(=O)N1CCC(Cn2cnnc2)CC1. The number of hydrogen-bond acceptors (Lipinski definition) is 3. The van der Waals surface area contributed by atoms with Crippen molar-refractivity contribution in [3.63, 3.8) is 0 Å². The van der Waals surface area contributed by atoms with Crippen LogP contribution in [0.4, 0.5) is 0 Å². The van der Waals surface area contributed by atoms with Gasteiger partial charge in [0.15, 0.2) is 0 Å². The minimum absolute atomic E-state index is 0.0442. The van der Waals surface area contributed by atoms with Gasteiger partial charge in [-0.25, -0.2) is 0 Å². The van der Waals surface area contributed by atoms with Crippen molar-refractivity contribution >= 4 is 5.91 Å². The van der Waals surface area contributed by atoms with E-state index in [4.69, 9.17) is 0 Å². The van der Waals surface area contributed by atoms with E-state index in [1.54, 1.807) is 12.7 Å². The quantitative estimate of drug-likeness (QED) is 0.705. The van der Waals surface area contributed by atoms with E-state index < -0.39 is 0 Å². The molecule has 2 rings (SSSR count). The molecule has 5 heteroatoms. The second-order valence-electron chi connectivity index (χ2n) is 4.13. The van der Waals surface area contributed by atoms with Gasteiger partial charge in [-0.2, -0.15) is 0 Å². The van der Waals surface area contributed by atoms with Crippen LogP contribution < -0.4 is 0 Å². The molecule has 0 saturated carbocycles. The van der Waals surface area contributed by atoms with Crippen LogP contribution in [-0.2, 0) is 11.3 Å². The predicted molar refractivity (Wildman–Crippen MR) is 59.5 cm³/mol. The van der Waals surface area contributed by atoms with Crippen LogP contribution >= 0.6 is 0 Å². The van der Waals surface area contributed by atoms with Crippen molar-refractivity contribution in [3.05, 3.63) is 25.3 Å². The fourth-order valence-corrected chi connectivity index (χ4v) is 2.08. The van der Waals surface area contributed by atoms with E-state index in [1.165, 1.54) is 6.08 Å². The van der Waals surface area contributed by atoms with E-state index >= 15 is 0 Å². The molecule has 0 aromatic carbocycles. The monoisotopic (exact) mass is 220 g/mol. The molecule has 0 aliphatic carbocycles. The Labute approximate surface area is 94.8 Å². The highest BCUT2D eigenvalue weighted by Gasteiger charge is 2.21. The van der Waals surface area contributed by atoms with Gasteiger partial charge in [0.05, 0.1) is 0 Å². The molecule has 16 heavy (non-hydrogen) atoms. The lowest BCUT2D eigenvalue weighted by Gasteiger charge is -2.31. The predicted octanol–water partition coefficient (Wildman–Crippen LogP) is 0.703. The van der Waals surface area contributed by atoms with E-state index in [1.807, 2.05) is 9.47 Å². The number of likely N-dealkylation sites (tertiary alicyclic amines) is 1. The van der Waals surface area contributed by atoms with E-state index in [0.29, 0.717) is 5.92 Å². The van der Waals surface area contributed by atoms with Crippen LogP contribution in [-0.4, -0.2) is 38.7 Å². The van der Waals surface area contributed by atoms with Gasteiger partial charge in [-0.3, -0.25) is 4.79 Å². The van der Waals surface area contributed by atoms with Gasteiger partial charge in [0.1, 0.15) is 12.7 Å². The second-order valence-corrected chi connectivity index (χ2v) is 4.13. The van der Waals surface area contributed by atoms with Gasteiger partial charge in [0, 0.05) is 19.6 Å². The first kappa shape index (κ1) is 10.9. The molecule has 0 atom stereocenters. The Morgan fingerprint density at radius 3 is 2.56 bits per heavy atom. The summed E-state index contributed by atoms with van der Waals surface area (Å²) >= 11 is 0. The zero-order valence-corrected chi connectivity index (χ0v) is 9.25. The third kappa shape index (κ3) is 2.48. The van der Waals surface area contributed by atoms with Crippen LogP contribution in [0, 0.1) is 5.92 Å². The molecule has 1 saturated heterocycles. The molecule has 1 aliphatic rings. The maximum atomic E-state index is 11.4. The number of hydrogen-bond donors (Lipinski definition) is 0. The van der Waals surface area contributed by atoms with Gasteiger partial charge < -0.3 is 9.47 Å². The van der Waals surface area contributed by atoms with Crippen LogP contribution in [0.3, 0.4) is 0 Å². The summed E-state index contributed by atoms with van der Waals surface area (Å²) in [5, 5.41) is 7.56. The summed E-state index contributed by atoms with van der Waals surface area (Å²) < 4.78 is 2.00. The summed E-state index contributed by atoms with van der Waals surface area (Å²) in [6.07, 6.45) is 6.94. The number of carbonyl (C=O) groups excluding carboxylic acids is 1. The van der Waals surface area contributed by atoms with E-state index in [-0.39, 0.29) is 5.91 Å². The average Bonchev–Trinajstić information content (AvgIpc) is 2.82. The number of amides is 1. The molecule has 0 radical (unpaired) electrons. The lowest BCUT2D eigenvalue weighted by molar-refractivity contribution is -0.127. The third-order valence-corrected chi connectivity index (χ3v) is 3.04. The van der Waals surface area contributed by atoms with Gasteiger partial charge in [0.25, 0.3) is 0 Å². The maximum Gasteiger partial charge on any atom is 0.245 e. The van der Waals surface area contributed by atoms with E-state index in [0.717, 1.165) is 32.5 Å². The number of nitrogens with zero attached hydrogens (tertiary/aromatic N) is 4. The number of rotatable bonds is 3. The second kappa shape index (κ2) is 4.92. The molecule has 1 aromatic rings. The van der Waals surface area contributed by atoms with Crippen LogP contribution in [0.1, 0.15) is 12.8 Å². The van der Waals surface area contributed by atoms with Gasteiger partial charge in [-0.05, 0) is 24.8 Å². The number of piperidine rings is 1. The largest absolute Gasteiger partial charge is 0.339 e. The van der Waals surface area contributed by atoms with Crippen molar-refractivity contribution in [2.24, 2.45) is 5.92 Å². The normalized spacial score (nSPS) is 17.4. The Balaban J connectivity index is 1.81. The Kier molecular flexibility index (Phi) is 3.34. The first-order chi connectivity index (χ1) is 7.79. The van der Waals surface area contributed by atoms with E-state index in [2.05, 4.69) is 16.8 Å². The molecule has 5 nitrogen and oxygen atoms in total. The highest BCUT2D eigenvalue weighted by molar-refractivity contribution is 5.87. The Bertz CT molecular complexity index is 352. The molecular formula is C11H16N4O. The average molecular weight is 220 g/mol. The van der Waals surface area contributed by atoms with Crippen LogP contribution in [0.25, 0.3) is 0 Å². The standard InChI is InChI=1S/C11H16N4O/c1-2-11(16)15-5-3-10(4-6-15)7-14-8-12-13-9-14/h2,8-10H,1,3-7H2. The highest BCUT2D eigenvalue weighted by atomic mass is 16.2. The zero-order valence-electron chi connectivity index (χ0n) is 9.25. The fourth-order valence-electron chi connectivity index (χ4n) is 2.08. The first-order valence-corrected chi connectivity index (χ1v) is 5.53. The minimum atomic E-state index is 0.0442. The molecule has 0 bridgehead atoms. The highest BCUT2D eigenvalue weighted by Crippen LogP contribution is 2.18. The van der Waals surface area contributed by atoms with E-state index in [9.17, 15) is 4.79 Å². The molecular weight excluding hydrogens is 204 g/mol. The summed E-state index contributed by atoms with van der Waals surface area (Å²) in [5.74, 6) is 0.660. The van der Waals surface area contributed by atoms with Crippen molar-refractivity contribution in [1.82, 2.24) is 19.7 Å². The molecule has 1 fully saturated rings. The topological polar surface area (TPSA) is 51.0 Å². The Morgan fingerprint density at radius 1 is 1.38 bits per heavy atom. The maximum absolute atomic E-state index is 11.4. The molecule has 1 aromatic heterocycles. The van der Waals surface area contributed by atoms with Crippen molar-refractivity contribution < 1.29 is 4.79 Å². The van der Waals surface area contributed by atoms with Crippen molar-refractivity contribution in [2.75, 3.05) is 13.1 Å². The molecule has 1 amide bonds. The molecule has 86 valence electrons. The van der Waals surface area contributed by atoms with Gasteiger partial charge >= 0.3 is 0 Å². The lowest BCUT2D eigenvalue weighted by Crippen LogP contribution is -2.38. The zero-order chi connectivity index (χ0) is 11.4. The summed E-state index contributed by atoms with van der Waals surface area (Å²) in [5.41, 5.74) is 0. The smallest absolute Gasteiger partial charge is 0.245 e. The summed E-state index contributed by atoms with van der Waals surface area (Å²) in [4.78, 5) is 13.2. The van der Waals surface area contributed by atoms with Crippen LogP contribution in [0.15, 0.2) is 25.3 Å². The molecule has 0 spiro atoms. The van der Waals surface area contributed by atoms with Crippen molar-refractivity contribution in [3.8, 4) is 0 Å². The summed E-state index contributed by atoms with van der Waals surface area (Å²) in [7, 11) is 0. The van der Waals surface area contributed by atoms with Crippen LogP contribution in [0.2, 0.25) is 0 Å². The third-order valence-electron chi connectivity index (χ3n) is 3.04. The number of aromatic nitrogens is 3. The van der Waals surface area contributed by atoms with Crippen molar-refractivity contribution in [1.29, 1.82) is 0 Å². The molecule has 1 aliphatic heterocycles. The number of carbonyl (C=O) groups is 1. The van der Waals surface area contributed by atoms with Crippen LogP contribution in [0.5, 0.6) is 0 Å². The molecule has 0 N–H and O–H groups in total. The fraction of sp³-hybridized carbons (Fsp3) is 0.545. The molecule has 0 unspecified atom stereocenters. The summed E-state index contributed by atoms with van der Waals surface area (Å²) in [6.45, 7) is 6.11. The minimum Gasteiger partial charge on any atom is -0.339 e. The van der Waals surface area contributed by atoms with Gasteiger partial charge in [0.2, 0.25) is 5.91 Å². The Morgan fingerprint density at radius 2 is 2.00 bits per heavy atom. The van der Waals surface area contributed by atoms with Gasteiger partial charge in [-0.15, -0.1) is 10.2 Å². The Hall–Kier alpha value is -1.65. The lowest BCUT2D eigenvalue weighted by atomic mass is 9.97. The van der Waals surface area contributed by atoms with Crippen molar-refractivity contribution in [2.45, 2.75) is 19.4 Å². The molecule has 2 heterocycles. The first-order valence-electron chi connectivity index (χ1n) is 5.53. The van der Waals surface area contributed by atoms with Gasteiger partial charge in [-0.1, -0.05) is 6.58 Å².